The molecule has 0 saturated carbocycles. The topological polar surface area (TPSA) is 77.4 Å². The molecular formula is C20H19F3N2O4. The highest BCUT2D eigenvalue weighted by atomic mass is 19.4. The molecule has 0 saturated heterocycles. The molecule has 0 radical (unpaired) electrons. The van der Waals surface area contributed by atoms with Gasteiger partial charge in [0, 0.05) is 12.3 Å². The van der Waals surface area contributed by atoms with Crippen LogP contribution in [0.3, 0.4) is 0 Å². The van der Waals surface area contributed by atoms with Gasteiger partial charge in [-0.2, -0.15) is 13.2 Å². The van der Waals surface area contributed by atoms with Gasteiger partial charge in [-0.1, -0.05) is 24.3 Å². The van der Waals surface area contributed by atoms with Gasteiger partial charge in [-0.25, -0.2) is 0 Å². The second-order valence-corrected chi connectivity index (χ2v) is 6.75. The lowest BCUT2D eigenvalue weighted by molar-refractivity contribution is -0.149. The number of fused-ring (bicyclic) bond motifs is 1. The van der Waals surface area contributed by atoms with Crippen molar-refractivity contribution in [2.75, 3.05) is 6.61 Å². The maximum absolute atomic E-state index is 12.7. The van der Waals surface area contributed by atoms with Gasteiger partial charge in [-0.3, -0.25) is 14.4 Å². The number of nitrogens with one attached hydrogen (secondary N) is 1. The highest BCUT2D eigenvalue weighted by molar-refractivity contribution is 5.80. The predicted octanol–water partition coefficient (Wildman–Crippen LogP) is 2.60. The zero-order valence-electron chi connectivity index (χ0n) is 15.4. The van der Waals surface area contributed by atoms with Gasteiger partial charge >= 0.3 is 12.1 Å². The van der Waals surface area contributed by atoms with Crippen LogP contribution in [0.2, 0.25) is 0 Å². The Morgan fingerprint density at radius 1 is 1.17 bits per heavy atom. The number of hydrogen-bond acceptors (Lipinski definition) is 4. The third-order valence-electron chi connectivity index (χ3n) is 4.68. The Labute approximate surface area is 164 Å². The number of pyridine rings is 1. The van der Waals surface area contributed by atoms with E-state index >= 15 is 0 Å². The first-order valence-electron chi connectivity index (χ1n) is 9.04. The van der Waals surface area contributed by atoms with Crippen molar-refractivity contribution in [3.63, 3.8) is 0 Å². The number of aryl methyl sites for hydroxylation is 1. The highest BCUT2D eigenvalue weighted by Gasteiger charge is 2.31. The first kappa shape index (κ1) is 20.6. The van der Waals surface area contributed by atoms with Gasteiger partial charge < -0.3 is 14.6 Å². The van der Waals surface area contributed by atoms with Crippen molar-refractivity contribution in [2.45, 2.75) is 38.0 Å². The van der Waals surface area contributed by atoms with Gasteiger partial charge in [0.1, 0.15) is 6.54 Å². The van der Waals surface area contributed by atoms with Gasteiger partial charge in [0.15, 0.2) is 6.61 Å². The van der Waals surface area contributed by atoms with Gasteiger partial charge in [-0.05, 0) is 36.5 Å². The van der Waals surface area contributed by atoms with E-state index in [2.05, 4.69) is 5.32 Å². The second kappa shape index (κ2) is 8.50. The molecule has 1 aliphatic rings. The van der Waals surface area contributed by atoms with Crippen molar-refractivity contribution in [3.05, 3.63) is 69.6 Å². The van der Waals surface area contributed by atoms with E-state index in [-0.39, 0.29) is 6.04 Å². The molecule has 1 N–H and O–H groups in total. The van der Waals surface area contributed by atoms with Crippen LogP contribution in [0.4, 0.5) is 13.2 Å². The smallest absolute Gasteiger partial charge is 0.417 e. The molecule has 0 fully saturated rings. The van der Waals surface area contributed by atoms with Crippen molar-refractivity contribution in [3.8, 4) is 0 Å². The number of nitrogens with zero attached hydrogens (tertiary/aromatic N) is 1. The van der Waals surface area contributed by atoms with Crippen LogP contribution < -0.4 is 10.9 Å². The molecule has 1 aliphatic carbocycles. The van der Waals surface area contributed by atoms with Crippen LogP contribution in [0.1, 0.15) is 35.6 Å². The summed E-state index contributed by atoms with van der Waals surface area (Å²) in [6.07, 6.45) is -1.49. The SMILES string of the molecule is O=C(COC(=O)Cn1cc(C(F)(F)F)ccc1=O)N[C@@H]1CCCc2ccccc21. The van der Waals surface area contributed by atoms with Crippen LogP contribution in [-0.2, 0) is 33.5 Å². The summed E-state index contributed by atoms with van der Waals surface area (Å²) in [5.41, 5.74) is 0.343. The standard InChI is InChI=1S/C20H19F3N2O4/c21-20(22,23)14-8-9-18(27)25(10-14)11-19(28)29-12-17(26)24-16-7-3-5-13-4-1-2-6-15(13)16/h1-2,4,6,8-10,16H,3,5,7,11-12H2,(H,24,26)/t16-/m1/s1. The molecule has 1 aromatic carbocycles. The molecule has 0 aliphatic heterocycles. The third kappa shape index (κ3) is 5.24. The van der Waals surface area contributed by atoms with E-state index in [9.17, 15) is 27.6 Å². The first-order chi connectivity index (χ1) is 13.7. The lowest BCUT2D eigenvalue weighted by atomic mass is 9.88. The molecular weight excluding hydrogens is 389 g/mol. The number of carbonyl (C=O) groups is 2. The van der Waals surface area contributed by atoms with Crippen molar-refractivity contribution in [1.29, 1.82) is 0 Å². The predicted molar refractivity (Wildman–Crippen MR) is 96.9 cm³/mol. The molecule has 9 heteroatoms. The van der Waals surface area contributed by atoms with Crippen molar-refractivity contribution < 1.29 is 27.5 Å². The first-order valence-corrected chi connectivity index (χ1v) is 9.04. The average molecular weight is 408 g/mol. The maximum Gasteiger partial charge on any atom is 0.417 e. The number of alkyl halides is 3. The Morgan fingerprint density at radius 3 is 2.69 bits per heavy atom. The summed E-state index contributed by atoms with van der Waals surface area (Å²) in [5, 5.41) is 2.80. The van der Waals surface area contributed by atoms with E-state index in [1.165, 1.54) is 0 Å². The Bertz CT molecular complexity index is 969. The Hall–Kier alpha value is -3.10. The van der Waals surface area contributed by atoms with E-state index in [0.29, 0.717) is 16.8 Å². The van der Waals surface area contributed by atoms with Crippen molar-refractivity contribution in [2.24, 2.45) is 0 Å². The monoisotopic (exact) mass is 408 g/mol. The summed E-state index contributed by atoms with van der Waals surface area (Å²) in [4.78, 5) is 35.7. The molecule has 1 heterocycles. The molecule has 29 heavy (non-hydrogen) atoms. The summed E-state index contributed by atoms with van der Waals surface area (Å²) < 4.78 is 43.6. The van der Waals surface area contributed by atoms with Crippen LogP contribution in [-0.4, -0.2) is 23.1 Å². The number of aromatic nitrogens is 1. The summed E-state index contributed by atoms with van der Waals surface area (Å²) in [6, 6.07) is 8.93. The minimum absolute atomic E-state index is 0.183. The zero-order valence-corrected chi connectivity index (χ0v) is 15.4. The number of carbonyl (C=O) groups excluding carboxylic acids is 2. The van der Waals surface area contributed by atoms with Crippen LogP contribution in [0.25, 0.3) is 0 Å². The number of amides is 1. The summed E-state index contributed by atoms with van der Waals surface area (Å²) in [5.74, 6) is -1.50. The van der Waals surface area contributed by atoms with Crippen molar-refractivity contribution >= 4 is 11.9 Å². The normalized spacial score (nSPS) is 16.0. The number of esters is 1. The lowest BCUT2D eigenvalue weighted by Gasteiger charge is -2.26. The Balaban J connectivity index is 1.55. The van der Waals surface area contributed by atoms with Crippen molar-refractivity contribution in [1.82, 2.24) is 9.88 Å². The van der Waals surface area contributed by atoms with E-state index in [1.54, 1.807) is 0 Å². The van der Waals surface area contributed by atoms with Gasteiger partial charge in [0.2, 0.25) is 0 Å². The highest BCUT2D eigenvalue weighted by Crippen LogP contribution is 2.29. The second-order valence-electron chi connectivity index (χ2n) is 6.75. The van der Waals surface area contributed by atoms with E-state index in [0.717, 1.165) is 36.5 Å². The quantitative estimate of drug-likeness (QED) is 0.772. The molecule has 6 nitrogen and oxygen atoms in total. The van der Waals surface area contributed by atoms with Crippen LogP contribution >= 0.6 is 0 Å². The lowest BCUT2D eigenvalue weighted by Crippen LogP contribution is -2.35. The molecule has 0 bridgehead atoms. The molecule has 154 valence electrons. The minimum Gasteiger partial charge on any atom is -0.454 e. The number of rotatable bonds is 5. The fourth-order valence-electron chi connectivity index (χ4n) is 3.29. The number of benzene rings is 1. The van der Waals surface area contributed by atoms with Crippen LogP contribution in [0.15, 0.2) is 47.4 Å². The molecule has 0 spiro atoms. The summed E-state index contributed by atoms with van der Waals surface area (Å²) >= 11 is 0. The van der Waals surface area contributed by atoms with Gasteiger partial charge in [0.25, 0.3) is 11.5 Å². The Morgan fingerprint density at radius 2 is 1.93 bits per heavy atom. The number of hydrogen-bond donors (Lipinski definition) is 1. The molecule has 3 rings (SSSR count). The summed E-state index contributed by atoms with van der Waals surface area (Å²) in [7, 11) is 0. The largest absolute Gasteiger partial charge is 0.454 e. The third-order valence-corrected chi connectivity index (χ3v) is 4.68. The fourth-order valence-corrected chi connectivity index (χ4v) is 3.29. The average Bonchev–Trinajstić information content (AvgIpc) is 2.67. The molecule has 1 amide bonds. The molecule has 2 aromatic rings. The number of ether oxygens (including phenoxy) is 1. The number of halogens is 3. The molecule has 0 unspecified atom stereocenters. The van der Waals surface area contributed by atoms with E-state index in [1.807, 2.05) is 24.3 Å². The van der Waals surface area contributed by atoms with Crippen LogP contribution in [0.5, 0.6) is 0 Å². The molecule has 1 atom stereocenters. The fraction of sp³-hybridized carbons (Fsp3) is 0.350. The Kier molecular flexibility index (Phi) is 6.05. The van der Waals surface area contributed by atoms with Gasteiger partial charge in [0.05, 0.1) is 11.6 Å². The zero-order chi connectivity index (χ0) is 21.0. The summed E-state index contributed by atoms with van der Waals surface area (Å²) in [6.45, 7) is -1.30. The van der Waals surface area contributed by atoms with E-state index < -0.39 is 42.3 Å². The minimum atomic E-state index is -4.64. The van der Waals surface area contributed by atoms with Gasteiger partial charge in [-0.15, -0.1) is 0 Å². The van der Waals surface area contributed by atoms with Crippen LogP contribution in [0, 0.1) is 0 Å². The maximum atomic E-state index is 12.7. The molecule has 1 aromatic heterocycles. The van der Waals surface area contributed by atoms with E-state index in [4.69, 9.17) is 4.74 Å².